The van der Waals surface area contributed by atoms with E-state index in [2.05, 4.69) is 0 Å². The number of nitrogens with two attached hydrogens (primary N) is 2. The van der Waals surface area contributed by atoms with Crippen molar-refractivity contribution in [3.05, 3.63) is 27.7 Å². The molecule has 19 heavy (non-hydrogen) atoms. The zero-order chi connectivity index (χ0) is 14.2. The van der Waals surface area contributed by atoms with Crippen molar-refractivity contribution in [2.24, 2.45) is 11.7 Å². The fourth-order valence-corrected chi connectivity index (χ4v) is 2.43. The molecule has 4 N–H and O–H groups in total. The second-order valence-electron chi connectivity index (χ2n) is 4.50. The molecule has 2 rings (SSSR count). The highest BCUT2D eigenvalue weighted by Gasteiger charge is 2.30. The number of likely N-dealkylation sites (tertiary alicyclic amines) is 1. The third kappa shape index (κ3) is 2.77. The Balaban J connectivity index is 2.19. The first-order chi connectivity index (χ1) is 8.90. The predicted octanol–water partition coefficient (Wildman–Crippen LogP) is 1.52. The van der Waals surface area contributed by atoms with Crippen molar-refractivity contribution in [1.29, 1.82) is 0 Å². The molecule has 7 heteroatoms. The molecule has 0 spiro atoms. The number of amides is 2. The van der Waals surface area contributed by atoms with Gasteiger partial charge in [0.15, 0.2) is 0 Å². The smallest absolute Gasteiger partial charge is 0.254 e. The molecule has 0 radical (unpaired) electrons. The average molecular weight is 302 g/mol. The van der Waals surface area contributed by atoms with Gasteiger partial charge in [0.25, 0.3) is 5.91 Å². The number of hydrogen-bond donors (Lipinski definition) is 2. The van der Waals surface area contributed by atoms with Crippen molar-refractivity contribution >= 4 is 40.7 Å². The summed E-state index contributed by atoms with van der Waals surface area (Å²) < 4.78 is 0. The van der Waals surface area contributed by atoms with Crippen LogP contribution in [-0.4, -0.2) is 29.8 Å². The number of benzene rings is 1. The Morgan fingerprint density at radius 1 is 1.32 bits per heavy atom. The van der Waals surface area contributed by atoms with Crippen LogP contribution in [0.5, 0.6) is 0 Å². The molecular formula is C12H13Cl2N3O2. The number of primary amides is 1. The number of hydrogen-bond acceptors (Lipinski definition) is 3. The van der Waals surface area contributed by atoms with E-state index in [1.807, 2.05) is 0 Å². The SMILES string of the molecule is NC(=O)C1CCN(C(=O)c2cc(N)c(Cl)c(Cl)c2)C1. The van der Waals surface area contributed by atoms with E-state index in [1.165, 1.54) is 12.1 Å². The van der Waals surface area contributed by atoms with Crippen LogP contribution in [0.4, 0.5) is 5.69 Å². The minimum absolute atomic E-state index is 0.228. The van der Waals surface area contributed by atoms with Crippen LogP contribution in [-0.2, 0) is 4.79 Å². The minimum Gasteiger partial charge on any atom is -0.397 e. The molecule has 0 bridgehead atoms. The lowest BCUT2D eigenvalue weighted by Crippen LogP contribution is -2.31. The summed E-state index contributed by atoms with van der Waals surface area (Å²) in [6, 6.07) is 2.95. The topological polar surface area (TPSA) is 89.4 Å². The molecule has 1 aromatic carbocycles. The van der Waals surface area contributed by atoms with E-state index in [9.17, 15) is 9.59 Å². The van der Waals surface area contributed by atoms with E-state index in [-0.39, 0.29) is 33.5 Å². The van der Waals surface area contributed by atoms with Crippen LogP contribution in [0, 0.1) is 5.92 Å². The molecule has 1 saturated heterocycles. The maximum absolute atomic E-state index is 12.2. The van der Waals surface area contributed by atoms with Crippen molar-refractivity contribution in [3.63, 3.8) is 0 Å². The number of carbonyl (C=O) groups is 2. The molecule has 1 aliphatic heterocycles. The molecule has 0 saturated carbocycles. The maximum atomic E-state index is 12.2. The zero-order valence-electron chi connectivity index (χ0n) is 10.0. The first-order valence-corrected chi connectivity index (χ1v) is 6.49. The largest absolute Gasteiger partial charge is 0.397 e. The van der Waals surface area contributed by atoms with Gasteiger partial charge in [0, 0.05) is 18.7 Å². The summed E-state index contributed by atoms with van der Waals surface area (Å²) in [5, 5.41) is 0.463. The van der Waals surface area contributed by atoms with E-state index in [4.69, 9.17) is 34.7 Å². The van der Waals surface area contributed by atoms with Crippen molar-refractivity contribution < 1.29 is 9.59 Å². The Labute approximate surface area is 120 Å². The highest BCUT2D eigenvalue weighted by molar-refractivity contribution is 6.43. The third-order valence-electron chi connectivity index (χ3n) is 3.18. The summed E-state index contributed by atoms with van der Waals surface area (Å²) in [5.74, 6) is -0.901. The number of halogens is 2. The van der Waals surface area contributed by atoms with Crippen molar-refractivity contribution in [1.82, 2.24) is 4.90 Å². The van der Waals surface area contributed by atoms with Crippen LogP contribution in [0.15, 0.2) is 12.1 Å². The number of nitrogen functional groups attached to an aromatic ring is 1. The standard InChI is InChI=1S/C12H13Cl2N3O2/c13-8-3-7(4-9(15)10(8)14)12(19)17-2-1-6(5-17)11(16)18/h3-4,6H,1-2,5,15H2,(H2,16,18). The van der Waals surface area contributed by atoms with Gasteiger partial charge < -0.3 is 16.4 Å². The number of anilines is 1. The molecule has 0 aliphatic carbocycles. The third-order valence-corrected chi connectivity index (χ3v) is 4.00. The van der Waals surface area contributed by atoms with Gasteiger partial charge in [-0.25, -0.2) is 0 Å². The van der Waals surface area contributed by atoms with Gasteiger partial charge >= 0.3 is 0 Å². The first-order valence-electron chi connectivity index (χ1n) is 5.73. The predicted molar refractivity (Wildman–Crippen MR) is 74.1 cm³/mol. The maximum Gasteiger partial charge on any atom is 0.254 e. The Morgan fingerprint density at radius 3 is 2.53 bits per heavy atom. The monoisotopic (exact) mass is 301 g/mol. The van der Waals surface area contributed by atoms with Gasteiger partial charge in [-0.15, -0.1) is 0 Å². The van der Waals surface area contributed by atoms with Crippen LogP contribution in [0.3, 0.4) is 0 Å². The lowest BCUT2D eigenvalue weighted by molar-refractivity contribution is -0.121. The molecule has 102 valence electrons. The molecular weight excluding hydrogens is 289 g/mol. The number of carbonyl (C=O) groups excluding carboxylic acids is 2. The second-order valence-corrected chi connectivity index (χ2v) is 5.29. The quantitative estimate of drug-likeness (QED) is 0.812. The van der Waals surface area contributed by atoms with Gasteiger partial charge in [-0.3, -0.25) is 9.59 Å². The van der Waals surface area contributed by atoms with Gasteiger partial charge in [-0.05, 0) is 18.6 Å². The number of rotatable bonds is 2. The molecule has 1 unspecified atom stereocenters. The van der Waals surface area contributed by atoms with Crippen molar-refractivity contribution in [2.45, 2.75) is 6.42 Å². The molecule has 1 aliphatic rings. The molecule has 1 heterocycles. The second kappa shape index (κ2) is 5.27. The fourth-order valence-electron chi connectivity index (χ4n) is 2.09. The van der Waals surface area contributed by atoms with Gasteiger partial charge in [0.2, 0.25) is 5.91 Å². The lowest BCUT2D eigenvalue weighted by atomic mass is 10.1. The molecule has 5 nitrogen and oxygen atoms in total. The van der Waals surface area contributed by atoms with Crippen LogP contribution >= 0.6 is 23.2 Å². The zero-order valence-corrected chi connectivity index (χ0v) is 11.5. The summed E-state index contributed by atoms with van der Waals surface area (Å²) in [6.45, 7) is 0.820. The van der Waals surface area contributed by atoms with Crippen LogP contribution < -0.4 is 11.5 Å². The van der Waals surface area contributed by atoms with Crippen molar-refractivity contribution in [2.75, 3.05) is 18.8 Å². The van der Waals surface area contributed by atoms with Gasteiger partial charge in [-0.2, -0.15) is 0 Å². The Kier molecular flexibility index (Phi) is 3.87. The van der Waals surface area contributed by atoms with Crippen LogP contribution in [0.1, 0.15) is 16.8 Å². The fraction of sp³-hybridized carbons (Fsp3) is 0.333. The van der Waals surface area contributed by atoms with E-state index in [0.29, 0.717) is 25.1 Å². The van der Waals surface area contributed by atoms with Gasteiger partial charge in [-0.1, -0.05) is 23.2 Å². The summed E-state index contributed by atoms with van der Waals surface area (Å²) in [5.41, 5.74) is 11.5. The normalized spacial score (nSPS) is 18.6. The molecule has 1 fully saturated rings. The number of nitrogens with zero attached hydrogens (tertiary/aromatic N) is 1. The first kappa shape index (κ1) is 14.0. The summed E-state index contributed by atoms with van der Waals surface area (Å²) in [6.07, 6.45) is 0.581. The summed E-state index contributed by atoms with van der Waals surface area (Å²) in [4.78, 5) is 24.9. The lowest BCUT2D eigenvalue weighted by Gasteiger charge is -2.16. The highest BCUT2D eigenvalue weighted by atomic mass is 35.5. The van der Waals surface area contributed by atoms with E-state index < -0.39 is 0 Å². The summed E-state index contributed by atoms with van der Waals surface area (Å²) in [7, 11) is 0. The highest BCUT2D eigenvalue weighted by Crippen LogP contribution is 2.30. The van der Waals surface area contributed by atoms with Crippen LogP contribution in [0.25, 0.3) is 0 Å². The van der Waals surface area contributed by atoms with E-state index in [0.717, 1.165) is 0 Å². The van der Waals surface area contributed by atoms with Crippen molar-refractivity contribution in [3.8, 4) is 0 Å². The molecule has 2 amide bonds. The Hall–Kier alpha value is -1.46. The summed E-state index contributed by atoms with van der Waals surface area (Å²) >= 11 is 11.7. The van der Waals surface area contributed by atoms with E-state index in [1.54, 1.807) is 4.90 Å². The van der Waals surface area contributed by atoms with Crippen LogP contribution in [0.2, 0.25) is 10.0 Å². The van der Waals surface area contributed by atoms with E-state index >= 15 is 0 Å². The minimum atomic E-state index is -0.385. The molecule has 0 aromatic heterocycles. The van der Waals surface area contributed by atoms with Gasteiger partial charge in [0.05, 0.1) is 21.7 Å². The average Bonchev–Trinajstić information content (AvgIpc) is 2.84. The Bertz CT molecular complexity index is 525. The molecule has 1 aromatic rings. The Morgan fingerprint density at radius 2 is 2.00 bits per heavy atom. The molecule has 1 atom stereocenters. The van der Waals surface area contributed by atoms with Gasteiger partial charge in [0.1, 0.15) is 0 Å².